The maximum Gasteiger partial charge on any atom is 0.255 e. The first-order valence-electron chi connectivity index (χ1n) is 5.91. The van der Waals surface area contributed by atoms with E-state index in [0.29, 0.717) is 11.4 Å². The number of hydrogen-bond donors (Lipinski definition) is 3. The average molecular weight is 307 g/mol. The molecule has 0 bridgehead atoms. The minimum Gasteiger partial charge on any atom is -0.329 e. The van der Waals surface area contributed by atoms with E-state index in [1.165, 1.54) is 24.4 Å². The van der Waals surface area contributed by atoms with Crippen molar-refractivity contribution in [3.05, 3.63) is 58.5 Å². The third-order valence-electron chi connectivity index (χ3n) is 2.46. The van der Waals surface area contributed by atoms with Crippen LogP contribution in [0, 0.1) is 0 Å². The number of aromatic amines is 1. The summed E-state index contributed by atoms with van der Waals surface area (Å²) in [5, 5.41) is 2.59. The van der Waals surface area contributed by atoms with E-state index in [-0.39, 0.29) is 11.1 Å². The lowest BCUT2D eigenvalue weighted by Crippen LogP contribution is -2.16. The number of benzene rings is 1. The predicted molar refractivity (Wildman–Crippen MR) is 79.9 cm³/mol. The zero-order valence-corrected chi connectivity index (χ0v) is 11.9. The van der Waals surface area contributed by atoms with Gasteiger partial charge in [-0.3, -0.25) is 14.3 Å². The summed E-state index contributed by atoms with van der Waals surface area (Å²) in [4.78, 5) is 25.5. The van der Waals surface area contributed by atoms with Crippen LogP contribution in [-0.4, -0.2) is 25.6 Å². The first-order valence-corrected chi connectivity index (χ1v) is 7.80. The molecule has 0 saturated carbocycles. The molecule has 21 heavy (non-hydrogen) atoms. The molecule has 2 rings (SSSR count). The van der Waals surface area contributed by atoms with Gasteiger partial charge in [0.05, 0.1) is 11.9 Å². The van der Waals surface area contributed by atoms with Crippen molar-refractivity contribution in [2.24, 2.45) is 0 Å². The Bertz CT molecular complexity index is 827. The lowest BCUT2D eigenvalue weighted by molar-refractivity contribution is 0.102. The maximum absolute atomic E-state index is 12.0. The molecule has 1 aromatic carbocycles. The highest BCUT2D eigenvalue weighted by atomic mass is 32.2. The number of anilines is 2. The van der Waals surface area contributed by atoms with Gasteiger partial charge < -0.3 is 10.3 Å². The molecule has 0 fully saturated rings. The van der Waals surface area contributed by atoms with E-state index >= 15 is 0 Å². The van der Waals surface area contributed by atoms with Gasteiger partial charge in [-0.05, 0) is 24.3 Å². The lowest BCUT2D eigenvalue weighted by atomic mass is 10.2. The van der Waals surface area contributed by atoms with Crippen molar-refractivity contribution in [2.75, 3.05) is 16.3 Å². The third-order valence-corrected chi connectivity index (χ3v) is 3.07. The second kappa shape index (κ2) is 5.80. The number of aromatic nitrogens is 1. The number of carbonyl (C=O) groups excluding carboxylic acids is 1. The van der Waals surface area contributed by atoms with Crippen LogP contribution in [0.2, 0.25) is 0 Å². The molecular weight excluding hydrogens is 294 g/mol. The topological polar surface area (TPSA) is 108 Å². The molecule has 0 atom stereocenters. The molecule has 8 heteroatoms. The van der Waals surface area contributed by atoms with E-state index in [9.17, 15) is 18.0 Å². The fourth-order valence-corrected chi connectivity index (χ4v) is 2.22. The van der Waals surface area contributed by atoms with E-state index in [2.05, 4.69) is 15.0 Å². The van der Waals surface area contributed by atoms with Crippen molar-refractivity contribution in [1.82, 2.24) is 4.98 Å². The highest BCUT2D eigenvalue weighted by molar-refractivity contribution is 7.92. The van der Waals surface area contributed by atoms with Crippen LogP contribution in [0.5, 0.6) is 0 Å². The Hall–Kier alpha value is -2.61. The van der Waals surface area contributed by atoms with Gasteiger partial charge in [-0.25, -0.2) is 8.42 Å². The molecule has 0 aliphatic rings. The molecule has 1 amide bonds. The number of nitrogens with one attached hydrogen (secondary N) is 3. The lowest BCUT2D eigenvalue weighted by Gasteiger charge is -2.08. The highest BCUT2D eigenvalue weighted by Crippen LogP contribution is 2.16. The highest BCUT2D eigenvalue weighted by Gasteiger charge is 2.08. The standard InChI is InChI=1S/C13H13N3O4S/c1-21(19,20)16-11-4-2-3-10(8-11)15-13(18)9-5-6-14-12(17)7-9/h2-8,16H,1H3,(H,14,17)(H,15,18). The van der Waals surface area contributed by atoms with Crippen molar-refractivity contribution in [1.29, 1.82) is 0 Å². The summed E-state index contributed by atoms with van der Waals surface area (Å²) in [5.74, 6) is -0.461. The molecular formula is C13H13N3O4S. The minimum absolute atomic E-state index is 0.209. The molecule has 0 aliphatic carbocycles. The average Bonchev–Trinajstić information content (AvgIpc) is 2.37. The molecule has 2 aromatic rings. The Labute approximate surface area is 121 Å². The summed E-state index contributed by atoms with van der Waals surface area (Å²) in [6.45, 7) is 0. The molecule has 0 spiro atoms. The van der Waals surface area contributed by atoms with Crippen molar-refractivity contribution < 1.29 is 13.2 Å². The fraction of sp³-hybridized carbons (Fsp3) is 0.0769. The van der Waals surface area contributed by atoms with Gasteiger partial charge in [0, 0.05) is 23.5 Å². The first-order chi connectivity index (χ1) is 9.83. The van der Waals surface area contributed by atoms with Crippen LogP contribution in [0.1, 0.15) is 10.4 Å². The van der Waals surface area contributed by atoms with E-state index in [1.54, 1.807) is 18.2 Å². The molecule has 0 saturated heterocycles. The van der Waals surface area contributed by atoms with Gasteiger partial charge in [0.25, 0.3) is 5.91 Å². The summed E-state index contributed by atoms with van der Waals surface area (Å²) in [6.07, 6.45) is 2.41. The Kier molecular flexibility index (Phi) is 4.08. The van der Waals surface area contributed by atoms with Crippen molar-refractivity contribution in [3.63, 3.8) is 0 Å². The summed E-state index contributed by atoms with van der Waals surface area (Å²) in [5.41, 5.74) is 0.575. The van der Waals surface area contributed by atoms with Crippen molar-refractivity contribution in [2.45, 2.75) is 0 Å². The van der Waals surface area contributed by atoms with Gasteiger partial charge >= 0.3 is 0 Å². The number of sulfonamides is 1. The van der Waals surface area contributed by atoms with Crippen molar-refractivity contribution in [3.8, 4) is 0 Å². The maximum atomic E-state index is 12.0. The monoisotopic (exact) mass is 307 g/mol. The van der Waals surface area contributed by atoms with Crippen LogP contribution in [0.15, 0.2) is 47.4 Å². The van der Waals surface area contributed by atoms with Gasteiger partial charge in [0.1, 0.15) is 0 Å². The van der Waals surface area contributed by atoms with Crippen LogP contribution in [0.25, 0.3) is 0 Å². The van der Waals surface area contributed by atoms with Gasteiger partial charge in [0.2, 0.25) is 15.6 Å². The number of H-pyrrole nitrogens is 1. The van der Waals surface area contributed by atoms with E-state index in [1.807, 2.05) is 0 Å². The van der Waals surface area contributed by atoms with Gasteiger partial charge in [-0.15, -0.1) is 0 Å². The number of hydrogen-bond acceptors (Lipinski definition) is 4. The zero-order valence-electron chi connectivity index (χ0n) is 11.1. The van der Waals surface area contributed by atoms with Crippen LogP contribution < -0.4 is 15.6 Å². The first kappa shape index (κ1) is 14.8. The molecule has 1 aromatic heterocycles. The Morgan fingerprint density at radius 2 is 1.86 bits per heavy atom. The Morgan fingerprint density at radius 3 is 2.52 bits per heavy atom. The van der Waals surface area contributed by atoms with Crippen molar-refractivity contribution >= 4 is 27.3 Å². The zero-order chi connectivity index (χ0) is 15.5. The van der Waals surface area contributed by atoms with Crippen LogP contribution >= 0.6 is 0 Å². The molecule has 7 nitrogen and oxygen atoms in total. The van der Waals surface area contributed by atoms with Gasteiger partial charge in [-0.1, -0.05) is 6.07 Å². The fourth-order valence-electron chi connectivity index (χ4n) is 1.66. The largest absolute Gasteiger partial charge is 0.329 e. The Morgan fingerprint density at radius 1 is 1.14 bits per heavy atom. The quantitative estimate of drug-likeness (QED) is 0.783. The SMILES string of the molecule is CS(=O)(=O)Nc1cccc(NC(=O)c2cc[nH]c(=O)c2)c1. The number of amides is 1. The molecule has 3 N–H and O–H groups in total. The van der Waals surface area contributed by atoms with E-state index < -0.39 is 15.9 Å². The van der Waals surface area contributed by atoms with Gasteiger partial charge in [0.15, 0.2) is 0 Å². The van der Waals surface area contributed by atoms with Crippen LogP contribution in [0.4, 0.5) is 11.4 Å². The third kappa shape index (κ3) is 4.46. The molecule has 110 valence electrons. The summed E-state index contributed by atoms with van der Waals surface area (Å²) < 4.78 is 24.6. The molecule has 0 unspecified atom stereocenters. The number of pyridine rings is 1. The Balaban J connectivity index is 2.18. The van der Waals surface area contributed by atoms with Crippen LogP contribution in [-0.2, 0) is 10.0 Å². The minimum atomic E-state index is -3.39. The second-order valence-corrected chi connectivity index (χ2v) is 6.10. The molecule has 0 radical (unpaired) electrons. The predicted octanol–water partition coefficient (Wildman–Crippen LogP) is 0.999. The molecule has 0 aliphatic heterocycles. The van der Waals surface area contributed by atoms with Gasteiger partial charge in [-0.2, -0.15) is 0 Å². The summed E-state index contributed by atoms with van der Waals surface area (Å²) >= 11 is 0. The number of carbonyl (C=O) groups is 1. The summed E-state index contributed by atoms with van der Waals surface area (Å²) in [6, 6.07) is 8.89. The summed E-state index contributed by atoms with van der Waals surface area (Å²) in [7, 11) is -3.39. The molecule has 1 heterocycles. The van der Waals surface area contributed by atoms with E-state index in [4.69, 9.17) is 0 Å². The normalized spacial score (nSPS) is 10.9. The smallest absolute Gasteiger partial charge is 0.255 e. The van der Waals surface area contributed by atoms with E-state index in [0.717, 1.165) is 6.26 Å². The number of rotatable bonds is 4. The second-order valence-electron chi connectivity index (χ2n) is 4.35. The van der Waals surface area contributed by atoms with Crippen LogP contribution in [0.3, 0.4) is 0 Å².